The summed E-state index contributed by atoms with van der Waals surface area (Å²) in [6.07, 6.45) is 0.970. The van der Waals surface area contributed by atoms with E-state index in [0.29, 0.717) is 36.4 Å². The molecular weight excluding hydrogens is 335 g/mol. The summed E-state index contributed by atoms with van der Waals surface area (Å²) in [6.45, 7) is 2.52. The van der Waals surface area contributed by atoms with E-state index in [9.17, 15) is 14.0 Å². The Morgan fingerprint density at radius 1 is 1.08 bits per heavy atom. The van der Waals surface area contributed by atoms with Gasteiger partial charge in [-0.1, -0.05) is 18.2 Å². The first-order chi connectivity index (χ1) is 12.5. The summed E-state index contributed by atoms with van der Waals surface area (Å²) in [5.41, 5.74) is -0.0701. The van der Waals surface area contributed by atoms with E-state index in [4.69, 9.17) is 4.74 Å². The quantitative estimate of drug-likeness (QED) is 0.749. The van der Waals surface area contributed by atoms with Gasteiger partial charge in [-0.2, -0.15) is 0 Å². The number of carbonyl (C=O) groups excluding carboxylic acids is 2. The number of hydrogen-bond acceptors (Lipinski definition) is 3. The lowest BCUT2D eigenvalue weighted by molar-refractivity contribution is -0.134. The smallest absolute Gasteiger partial charge is 0.240 e. The summed E-state index contributed by atoms with van der Waals surface area (Å²) in [5.74, 6) is -0.373. The molecule has 1 fully saturated rings. The van der Waals surface area contributed by atoms with Crippen LogP contribution in [0.15, 0.2) is 48.5 Å². The molecule has 0 atom stereocenters. The molecule has 2 N–H and O–H groups in total. The summed E-state index contributed by atoms with van der Waals surface area (Å²) >= 11 is 0. The molecule has 26 heavy (non-hydrogen) atoms. The lowest BCUT2D eigenvalue weighted by Gasteiger charge is -2.16. The van der Waals surface area contributed by atoms with Crippen LogP contribution in [-0.4, -0.2) is 18.4 Å². The highest BCUT2D eigenvalue weighted by molar-refractivity contribution is 6.13. The van der Waals surface area contributed by atoms with Crippen LogP contribution >= 0.6 is 0 Å². The first-order valence-electron chi connectivity index (χ1n) is 8.61. The fourth-order valence-electron chi connectivity index (χ4n) is 2.72. The summed E-state index contributed by atoms with van der Waals surface area (Å²) < 4.78 is 19.0. The zero-order chi connectivity index (χ0) is 18.6. The standard InChI is InChI=1S/C20H21FN2O3/c1-2-26-16-9-7-15(8-10-16)23-19(25)20(11-12-20)18(24)22-13-14-5-3-4-6-17(14)21/h3-10H,2,11-13H2,1H3,(H,22,24)(H,23,25). The molecule has 6 heteroatoms. The molecule has 0 bridgehead atoms. The second kappa shape index (κ2) is 7.56. The molecule has 2 amide bonds. The summed E-state index contributed by atoms with van der Waals surface area (Å²) in [6, 6.07) is 13.2. The maximum atomic E-state index is 13.6. The monoisotopic (exact) mass is 356 g/mol. The first-order valence-corrected chi connectivity index (χ1v) is 8.61. The number of rotatable bonds is 7. The topological polar surface area (TPSA) is 67.4 Å². The predicted molar refractivity (Wildman–Crippen MR) is 96.2 cm³/mol. The molecule has 0 radical (unpaired) electrons. The molecule has 2 aromatic carbocycles. The largest absolute Gasteiger partial charge is 0.494 e. The Morgan fingerprint density at radius 2 is 1.77 bits per heavy atom. The molecule has 3 rings (SSSR count). The van der Waals surface area contributed by atoms with Crippen LogP contribution in [-0.2, 0) is 16.1 Å². The Kier molecular flexibility index (Phi) is 5.21. The number of halogens is 1. The van der Waals surface area contributed by atoms with Gasteiger partial charge in [0.2, 0.25) is 11.8 Å². The first kappa shape index (κ1) is 17.9. The SMILES string of the molecule is CCOc1ccc(NC(=O)C2(C(=O)NCc3ccccc3F)CC2)cc1. The van der Waals surface area contributed by atoms with Gasteiger partial charge in [0.05, 0.1) is 6.61 Å². The minimum atomic E-state index is -1.07. The third kappa shape index (κ3) is 3.85. The molecule has 1 aliphatic carbocycles. The zero-order valence-electron chi connectivity index (χ0n) is 14.5. The average molecular weight is 356 g/mol. The van der Waals surface area contributed by atoms with Gasteiger partial charge >= 0.3 is 0 Å². The van der Waals surface area contributed by atoms with E-state index in [1.165, 1.54) is 6.07 Å². The maximum Gasteiger partial charge on any atom is 0.240 e. The van der Waals surface area contributed by atoms with Crippen LogP contribution in [0.2, 0.25) is 0 Å². The number of carbonyl (C=O) groups is 2. The Labute approximate surface area is 151 Å². The highest BCUT2D eigenvalue weighted by atomic mass is 19.1. The number of anilines is 1. The van der Waals surface area contributed by atoms with Crippen molar-refractivity contribution in [2.75, 3.05) is 11.9 Å². The van der Waals surface area contributed by atoms with E-state index in [1.807, 2.05) is 6.92 Å². The predicted octanol–water partition coefficient (Wildman–Crippen LogP) is 3.26. The molecule has 0 spiro atoms. The van der Waals surface area contributed by atoms with Gasteiger partial charge in [0.1, 0.15) is 17.0 Å². The number of benzene rings is 2. The minimum absolute atomic E-state index is 0.0591. The van der Waals surface area contributed by atoms with E-state index >= 15 is 0 Å². The van der Waals surface area contributed by atoms with Gasteiger partial charge in [-0.15, -0.1) is 0 Å². The van der Waals surface area contributed by atoms with Gasteiger partial charge in [0.25, 0.3) is 0 Å². The number of nitrogens with one attached hydrogen (secondary N) is 2. The van der Waals surface area contributed by atoms with Crippen LogP contribution in [0.1, 0.15) is 25.3 Å². The highest BCUT2D eigenvalue weighted by Gasteiger charge is 2.56. The van der Waals surface area contributed by atoms with Gasteiger partial charge < -0.3 is 15.4 Å². The van der Waals surface area contributed by atoms with Crippen molar-refractivity contribution < 1.29 is 18.7 Å². The molecule has 1 aliphatic rings. The zero-order valence-corrected chi connectivity index (χ0v) is 14.5. The third-order valence-corrected chi connectivity index (χ3v) is 4.44. The maximum absolute atomic E-state index is 13.6. The summed E-state index contributed by atoms with van der Waals surface area (Å²) in [5, 5.41) is 5.45. The minimum Gasteiger partial charge on any atom is -0.494 e. The van der Waals surface area contributed by atoms with Crippen LogP contribution in [0.3, 0.4) is 0 Å². The van der Waals surface area contributed by atoms with Crippen LogP contribution in [0, 0.1) is 11.2 Å². The molecule has 5 nitrogen and oxygen atoms in total. The Morgan fingerprint density at radius 3 is 2.38 bits per heavy atom. The normalized spacial score (nSPS) is 14.4. The molecule has 0 heterocycles. The van der Waals surface area contributed by atoms with E-state index in [1.54, 1.807) is 42.5 Å². The number of hydrogen-bond donors (Lipinski definition) is 2. The Bertz CT molecular complexity index is 801. The van der Waals surface area contributed by atoms with Crippen molar-refractivity contribution >= 4 is 17.5 Å². The van der Waals surface area contributed by atoms with Crippen LogP contribution in [0.25, 0.3) is 0 Å². The highest BCUT2D eigenvalue weighted by Crippen LogP contribution is 2.47. The van der Waals surface area contributed by atoms with Crippen molar-refractivity contribution in [2.24, 2.45) is 5.41 Å². The van der Waals surface area contributed by atoms with E-state index in [0.717, 1.165) is 0 Å². The molecule has 0 aromatic heterocycles. The van der Waals surface area contributed by atoms with Crippen LogP contribution < -0.4 is 15.4 Å². The van der Waals surface area contributed by atoms with Gasteiger partial charge in [0, 0.05) is 17.8 Å². The van der Waals surface area contributed by atoms with Gasteiger partial charge in [-0.25, -0.2) is 4.39 Å². The second-order valence-electron chi connectivity index (χ2n) is 6.27. The van der Waals surface area contributed by atoms with Crippen molar-refractivity contribution in [3.8, 4) is 5.75 Å². The van der Waals surface area contributed by atoms with Crippen molar-refractivity contribution in [3.63, 3.8) is 0 Å². The Balaban J connectivity index is 1.59. The fraction of sp³-hybridized carbons (Fsp3) is 0.300. The van der Waals surface area contributed by atoms with Crippen LogP contribution in [0.4, 0.5) is 10.1 Å². The molecule has 2 aromatic rings. The average Bonchev–Trinajstić information content (AvgIpc) is 3.45. The van der Waals surface area contributed by atoms with Crippen LogP contribution in [0.5, 0.6) is 5.75 Å². The lowest BCUT2D eigenvalue weighted by Crippen LogP contribution is -2.39. The van der Waals surface area contributed by atoms with Crippen molar-refractivity contribution in [2.45, 2.75) is 26.3 Å². The number of ether oxygens (including phenoxy) is 1. The second-order valence-corrected chi connectivity index (χ2v) is 6.27. The van der Waals surface area contributed by atoms with Gasteiger partial charge in [0.15, 0.2) is 0 Å². The molecule has 0 aliphatic heterocycles. The van der Waals surface area contributed by atoms with Crippen molar-refractivity contribution in [1.29, 1.82) is 0 Å². The lowest BCUT2D eigenvalue weighted by atomic mass is 10.0. The molecule has 136 valence electrons. The molecule has 1 saturated carbocycles. The van der Waals surface area contributed by atoms with Crippen molar-refractivity contribution in [3.05, 3.63) is 59.9 Å². The van der Waals surface area contributed by atoms with Crippen molar-refractivity contribution in [1.82, 2.24) is 5.32 Å². The number of amides is 2. The fourth-order valence-corrected chi connectivity index (χ4v) is 2.72. The molecule has 0 unspecified atom stereocenters. The third-order valence-electron chi connectivity index (χ3n) is 4.44. The molecule has 0 saturated heterocycles. The molecular formula is C20H21FN2O3. The van der Waals surface area contributed by atoms with E-state index in [-0.39, 0.29) is 24.2 Å². The Hall–Kier alpha value is -2.89. The van der Waals surface area contributed by atoms with Gasteiger partial charge in [-0.05, 0) is 50.1 Å². The summed E-state index contributed by atoms with van der Waals surface area (Å²) in [4.78, 5) is 25.0. The van der Waals surface area contributed by atoms with E-state index < -0.39 is 5.41 Å². The summed E-state index contributed by atoms with van der Waals surface area (Å²) in [7, 11) is 0. The van der Waals surface area contributed by atoms with E-state index in [2.05, 4.69) is 10.6 Å². The van der Waals surface area contributed by atoms with Gasteiger partial charge in [-0.3, -0.25) is 9.59 Å².